The quantitative estimate of drug-likeness (QED) is 0.929. The molecule has 0 spiro atoms. The van der Waals surface area contributed by atoms with Crippen LogP contribution in [0, 0.1) is 5.92 Å². The molecule has 0 aromatic carbocycles. The topological polar surface area (TPSA) is 42.4 Å². The predicted molar refractivity (Wildman–Crippen MR) is 72.8 cm³/mol. The van der Waals surface area contributed by atoms with E-state index in [-0.39, 0.29) is 0 Å². The lowest BCUT2D eigenvalue weighted by molar-refractivity contribution is 0.115. The molecule has 0 radical (unpaired) electrons. The first-order chi connectivity index (χ1) is 8.20. The molecule has 0 amide bonds. The minimum absolute atomic E-state index is 0.363. The van der Waals surface area contributed by atoms with Gasteiger partial charge in [-0.2, -0.15) is 0 Å². The second-order valence-corrected chi connectivity index (χ2v) is 5.68. The Bertz CT molecular complexity index is 351. The van der Waals surface area contributed by atoms with Crippen LogP contribution < -0.4 is 5.73 Å². The molecule has 1 fully saturated rings. The first-order valence-electron chi connectivity index (χ1n) is 6.40. The lowest BCUT2D eigenvalue weighted by atomic mass is 9.93. The van der Waals surface area contributed by atoms with E-state index in [1.165, 1.54) is 19.4 Å². The van der Waals surface area contributed by atoms with Gasteiger partial charge in [-0.3, -0.25) is 4.90 Å². The Balaban J connectivity index is 1.97. The molecule has 0 bridgehead atoms. The van der Waals surface area contributed by atoms with Crippen LogP contribution in [0.1, 0.15) is 38.0 Å². The molecule has 1 aliphatic rings. The average molecular weight is 301 g/mol. The monoisotopic (exact) mass is 300 g/mol. The van der Waals surface area contributed by atoms with Gasteiger partial charge in [0.15, 0.2) is 4.67 Å². The summed E-state index contributed by atoms with van der Waals surface area (Å²) in [5.41, 5.74) is 5.65. The van der Waals surface area contributed by atoms with Crippen LogP contribution in [0.4, 0.5) is 0 Å². The highest BCUT2D eigenvalue weighted by molar-refractivity contribution is 9.10. The molecule has 1 aliphatic heterocycles. The summed E-state index contributed by atoms with van der Waals surface area (Å²) in [6, 6.07) is 4.39. The van der Waals surface area contributed by atoms with E-state index >= 15 is 0 Å². The minimum atomic E-state index is 0.363. The zero-order valence-corrected chi connectivity index (χ0v) is 11.9. The molecule has 1 aromatic heterocycles. The van der Waals surface area contributed by atoms with Crippen molar-refractivity contribution in [3.63, 3.8) is 0 Å². The Morgan fingerprint density at radius 1 is 1.59 bits per heavy atom. The zero-order valence-electron chi connectivity index (χ0n) is 10.4. The first-order valence-corrected chi connectivity index (χ1v) is 7.19. The number of nitrogens with two attached hydrogens (primary N) is 1. The van der Waals surface area contributed by atoms with Crippen molar-refractivity contribution in [2.75, 3.05) is 19.6 Å². The van der Waals surface area contributed by atoms with Crippen molar-refractivity contribution in [2.24, 2.45) is 11.7 Å². The van der Waals surface area contributed by atoms with Gasteiger partial charge in [0, 0.05) is 6.54 Å². The molecule has 17 heavy (non-hydrogen) atoms. The van der Waals surface area contributed by atoms with Crippen molar-refractivity contribution in [1.29, 1.82) is 0 Å². The fraction of sp³-hybridized carbons (Fsp3) is 0.692. The van der Waals surface area contributed by atoms with Gasteiger partial charge in [-0.15, -0.1) is 0 Å². The molecule has 1 saturated heterocycles. The normalized spacial score (nSPS) is 23.8. The van der Waals surface area contributed by atoms with Gasteiger partial charge in [-0.05, 0) is 73.3 Å². The highest BCUT2D eigenvalue weighted by Gasteiger charge is 2.25. The SMILES string of the molecule is CC(c1ccc(Br)o1)N1CCCC(CCN)C1. The molecule has 2 atom stereocenters. The summed E-state index contributed by atoms with van der Waals surface area (Å²) in [6.07, 6.45) is 3.74. The fourth-order valence-electron chi connectivity index (χ4n) is 2.65. The van der Waals surface area contributed by atoms with E-state index in [9.17, 15) is 0 Å². The summed E-state index contributed by atoms with van der Waals surface area (Å²) >= 11 is 3.36. The second-order valence-electron chi connectivity index (χ2n) is 4.90. The van der Waals surface area contributed by atoms with Crippen LogP contribution in [0.3, 0.4) is 0 Å². The Morgan fingerprint density at radius 2 is 2.41 bits per heavy atom. The summed E-state index contributed by atoms with van der Waals surface area (Å²) in [6.45, 7) is 5.34. The van der Waals surface area contributed by atoms with E-state index in [2.05, 4.69) is 33.8 Å². The van der Waals surface area contributed by atoms with Crippen LogP contribution in [0.2, 0.25) is 0 Å². The number of nitrogens with zero attached hydrogens (tertiary/aromatic N) is 1. The molecule has 3 nitrogen and oxygen atoms in total. The van der Waals surface area contributed by atoms with E-state index in [1.54, 1.807) is 0 Å². The average Bonchev–Trinajstić information content (AvgIpc) is 2.76. The Kier molecular flexibility index (Phi) is 4.65. The molecule has 2 heterocycles. The third kappa shape index (κ3) is 3.33. The lowest BCUT2D eigenvalue weighted by Crippen LogP contribution is -2.37. The highest BCUT2D eigenvalue weighted by atomic mass is 79.9. The van der Waals surface area contributed by atoms with Crippen molar-refractivity contribution in [2.45, 2.75) is 32.2 Å². The zero-order chi connectivity index (χ0) is 12.3. The number of furan rings is 1. The van der Waals surface area contributed by atoms with E-state index < -0.39 is 0 Å². The summed E-state index contributed by atoms with van der Waals surface area (Å²) in [7, 11) is 0. The molecule has 0 aliphatic carbocycles. The summed E-state index contributed by atoms with van der Waals surface area (Å²) in [4.78, 5) is 2.51. The number of likely N-dealkylation sites (tertiary alicyclic amines) is 1. The van der Waals surface area contributed by atoms with E-state index in [4.69, 9.17) is 10.2 Å². The fourth-order valence-corrected chi connectivity index (χ4v) is 2.97. The van der Waals surface area contributed by atoms with Crippen LogP contribution >= 0.6 is 15.9 Å². The number of halogens is 1. The van der Waals surface area contributed by atoms with Gasteiger partial charge >= 0.3 is 0 Å². The van der Waals surface area contributed by atoms with Crippen LogP contribution in [-0.4, -0.2) is 24.5 Å². The number of hydrogen-bond acceptors (Lipinski definition) is 3. The molecular formula is C13H21BrN2O. The van der Waals surface area contributed by atoms with Crippen molar-refractivity contribution < 1.29 is 4.42 Å². The predicted octanol–water partition coefficient (Wildman–Crippen LogP) is 3.16. The molecule has 2 unspecified atom stereocenters. The molecule has 0 saturated carbocycles. The van der Waals surface area contributed by atoms with E-state index in [0.29, 0.717) is 6.04 Å². The lowest BCUT2D eigenvalue weighted by Gasteiger charge is -2.35. The van der Waals surface area contributed by atoms with Crippen molar-refractivity contribution in [1.82, 2.24) is 4.90 Å². The standard InChI is InChI=1S/C13H21BrN2O/c1-10(12-4-5-13(14)17-12)16-8-2-3-11(9-16)6-7-15/h4-5,10-11H,2-3,6-9,15H2,1H3. The van der Waals surface area contributed by atoms with Crippen molar-refractivity contribution >= 4 is 15.9 Å². The van der Waals surface area contributed by atoms with Crippen LogP contribution in [0.25, 0.3) is 0 Å². The maximum Gasteiger partial charge on any atom is 0.169 e. The third-order valence-electron chi connectivity index (χ3n) is 3.68. The third-order valence-corrected chi connectivity index (χ3v) is 4.10. The Labute approximate surface area is 111 Å². The summed E-state index contributed by atoms with van der Waals surface area (Å²) in [5.74, 6) is 1.81. The number of piperidine rings is 1. The molecule has 96 valence electrons. The van der Waals surface area contributed by atoms with Crippen molar-refractivity contribution in [3.05, 3.63) is 22.6 Å². The molecule has 2 N–H and O–H groups in total. The molecule has 1 aromatic rings. The Morgan fingerprint density at radius 3 is 3.06 bits per heavy atom. The van der Waals surface area contributed by atoms with Crippen LogP contribution in [0.5, 0.6) is 0 Å². The van der Waals surface area contributed by atoms with Gasteiger partial charge in [-0.25, -0.2) is 0 Å². The van der Waals surface area contributed by atoms with Gasteiger partial charge in [0.2, 0.25) is 0 Å². The highest BCUT2D eigenvalue weighted by Crippen LogP contribution is 2.29. The van der Waals surface area contributed by atoms with Crippen molar-refractivity contribution in [3.8, 4) is 0 Å². The number of hydrogen-bond donors (Lipinski definition) is 1. The Hall–Kier alpha value is -0.320. The molecular weight excluding hydrogens is 280 g/mol. The second kappa shape index (κ2) is 6.03. The molecule has 4 heteroatoms. The van der Waals surface area contributed by atoms with Crippen LogP contribution in [0.15, 0.2) is 21.2 Å². The maximum atomic E-state index is 5.65. The van der Waals surface area contributed by atoms with Gasteiger partial charge < -0.3 is 10.2 Å². The summed E-state index contributed by atoms with van der Waals surface area (Å²) in [5, 5.41) is 0. The van der Waals surface area contributed by atoms with E-state index in [0.717, 1.165) is 35.9 Å². The smallest absolute Gasteiger partial charge is 0.169 e. The first kappa shape index (κ1) is 13.1. The van der Waals surface area contributed by atoms with Gasteiger partial charge in [0.1, 0.15) is 5.76 Å². The van der Waals surface area contributed by atoms with E-state index in [1.807, 2.05) is 6.07 Å². The minimum Gasteiger partial charge on any atom is -0.453 e. The number of rotatable bonds is 4. The van der Waals surface area contributed by atoms with Gasteiger partial charge in [0.25, 0.3) is 0 Å². The maximum absolute atomic E-state index is 5.65. The van der Waals surface area contributed by atoms with Gasteiger partial charge in [0.05, 0.1) is 6.04 Å². The largest absolute Gasteiger partial charge is 0.453 e. The van der Waals surface area contributed by atoms with Crippen LogP contribution in [-0.2, 0) is 0 Å². The summed E-state index contributed by atoms with van der Waals surface area (Å²) < 4.78 is 6.46. The molecule has 2 rings (SSSR count). The van der Waals surface area contributed by atoms with Gasteiger partial charge in [-0.1, -0.05) is 0 Å².